The molecule has 0 aromatic heterocycles. The van der Waals surface area contributed by atoms with Gasteiger partial charge < -0.3 is 10.4 Å². The van der Waals surface area contributed by atoms with E-state index in [0.717, 1.165) is 44.6 Å². The van der Waals surface area contributed by atoms with Gasteiger partial charge in [-0.2, -0.15) is 0 Å². The zero-order valence-corrected chi connectivity index (χ0v) is 18.0. The van der Waals surface area contributed by atoms with Crippen LogP contribution in [-0.4, -0.2) is 23.7 Å². The largest absolute Gasteiger partial charge is 0.393 e. The maximum atomic E-state index is 11.9. The van der Waals surface area contributed by atoms with E-state index in [0.29, 0.717) is 6.42 Å². The molecule has 0 aromatic carbocycles. The molecule has 0 saturated carbocycles. The van der Waals surface area contributed by atoms with Crippen LogP contribution in [0.4, 0.5) is 0 Å². The van der Waals surface area contributed by atoms with E-state index in [4.69, 9.17) is 0 Å². The molecule has 1 unspecified atom stereocenters. The van der Waals surface area contributed by atoms with E-state index >= 15 is 0 Å². The second-order valence-electron chi connectivity index (χ2n) is 8.04. The quantitative estimate of drug-likeness (QED) is 0.259. The molecule has 0 aliphatic heterocycles. The maximum absolute atomic E-state index is 11.9. The highest BCUT2D eigenvalue weighted by molar-refractivity contribution is 5.75. The first-order valence-electron chi connectivity index (χ1n) is 11.6. The van der Waals surface area contributed by atoms with Crippen molar-refractivity contribution >= 4 is 5.91 Å². The van der Waals surface area contributed by atoms with Crippen LogP contribution in [0.2, 0.25) is 0 Å². The fraction of sp³-hybridized carbons (Fsp3) is 0.957. The molecule has 3 nitrogen and oxygen atoms in total. The van der Waals surface area contributed by atoms with Crippen molar-refractivity contribution in [3.63, 3.8) is 0 Å². The highest BCUT2D eigenvalue weighted by Crippen LogP contribution is 2.21. The molecule has 0 aliphatic rings. The van der Waals surface area contributed by atoms with Crippen LogP contribution in [0, 0.1) is 5.92 Å². The average molecular weight is 370 g/mol. The molecule has 1 atom stereocenters. The Kier molecular flexibility index (Phi) is 18.8. The summed E-state index contributed by atoms with van der Waals surface area (Å²) in [6, 6.07) is 0. The summed E-state index contributed by atoms with van der Waals surface area (Å²) in [5, 5.41) is 13.0. The predicted octanol–water partition coefficient (Wildman–Crippen LogP) is 6.38. The van der Waals surface area contributed by atoms with Crippen LogP contribution < -0.4 is 5.32 Å². The van der Waals surface area contributed by atoms with Crippen LogP contribution in [0.1, 0.15) is 124 Å². The van der Waals surface area contributed by atoms with Crippen LogP contribution in [0.5, 0.6) is 0 Å². The number of carbonyl (C=O) groups excluding carboxylic acids is 1. The first-order valence-corrected chi connectivity index (χ1v) is 11.6. The lowest BCUT2D eigenvalue weighted by Gasteiger charge is -2.16. The van der Waals surface area contributed by atoms with Gasteiger partial charge in [-0.3, -0.25) is 4.79 Å². The van der Waals surface area contributed by atoms with Crippen LogP contribution in [0.15, 0.2) is 0 Å². The maximum Gasteiger partial charge on any atom is 0.219 e. The van der Waals surface area contributed by atoms with Gasteiger partial charge in [-0.25, -0.2) is 0 Å². The third-order valence-corrected chi connectivity index (χ3v) is 5.38. The second kappa shape index (κ2) is 19.2. The molecule has 156 valence electrons. The molecule has 0 saturated heterocycles. The highest BCUT2D eigenvalue weighted by Gasteiger charge is 2.09. The fourth-order valence-electron chi connectivity index (χ4n) is 3.57. The Bertz CT molecular complexity index is 299. The molecule has 0 aliphatic carbocycles. The monoisotopic (exact) mass is 369 g/mol. The first-order chi connectivity index (χ1) is 12.6. The molecule has 0 rings (SSSR count). The summed E-state index contributed by atoms with van der Waals surface area (Å²) in [5.41, 5.74) is 0. The molecule has 0 fully saturated rings. The lowest BCUT2D eigenvalue weighted by atomic mass is 9.91. The Morgan fingerprint density at radius 1 is 0.731 bits per heavy atom. The van der Waals surface area contributed by atoms with Gasteiger partial charge in [0.05, 0.1) is 6.10 Å². The number of carbonyl (C=O) groups is 1. The van der Waals surface area contributed by atoms with E-state index in [-0.39, 0.29) is 12.0 Å². The molecular weight excluding hydrogens is 322 g/mol. The lowest BCUT2D eigenvalue weighted by Crippen LogP contribution is -2.24. The highest BCUT2D eigenvalue weighted by atomic mass is 16.3. The summed E-state index contributed by atoms with van der Waals surface area (Å²) >= 11 is 0. The van der Waals surface area contributed by atoms with E-state index < -0.39 is 0 Å². The second-order valence-corrected chi connectivity index (χ2v) is 8.04. The van der Waals surface area contributed by atoms with Gasteiger partial charge in [0, 0.05) is 13.0 Å². The average Bonchev–Trinajstić information content (AvgIpc) is 2.63. The number of nitrogens with one attached hydrogen (secondary N) is 1. The van der Waals surface area contributed by atoms with Gasteiger partial charge >= 0.3 is 0 Å². The summed E-state index contributed by atoms with van der Waals surface area (Å²) in [6.45, 7) is 7.54. The predicted molar refractivity (Wildman–Crippen MR) is 113 cm³/mol. The molecular formula is C23H47NO2. The molecule has 0 spiro atoms. The number of aliphatic hydroxyl groups is 1. The molecule has 1 amide bonds. The molecule has 0 radical (unpaired) electrons. The van der Waals surface area contributed by atoms with Crippen molar-refractivity contribution in [3.05, 3.63) is 0 Å². The third-order valence-electron chi connectivity index (χ3n) is 5.38. The molecule has 0 heterocycles. The Labute approximate surface area is 163 Å². The van der Waals surface area contributed by atoms with Crippen LogP contribution in [-0.2, 0) is 4.79 Å². The van der Waals surface area contributed by atoms with E-state index in [1.807, 2.05) is 0 Å². The van der Waals surface area contributed by atoms with E-state index in [9.17, 15) is 9.90 Å². The number of aliphatic hydroxyl groups excluding tert-OH is 1. The first kappa shape index (κ1) is 25.4. The molecule has 2 N–H and O–H groups in total. The van der Waals surface area contributed by atoms with E-state index in [2.05, 4.69) is 26.1 Å². The summed E-state index contributed by atoms with van der Waals surface area (Å²) in [5.74, 6) is 0.997. The number of hydrogen-bond acceptors (Lipinski definition) is 2. The third kappa shape index (κ3) is 16.9. The van der Waals surface area contributed by atoms with Gasteiger partial charge in [0.25, 0.3) is 0 Å². The normalized spacial score (nSPS) is 12.5. The van der Waals surface area contributed by atoms with Crippen molar-refractivity contribution in [3.8, 4) is 0 Å². The van der Waals surface area contributed by atoms with E-state index in [1.165, 1.54) is 64.2 Å². The van der Waals surface area contributed by atoms with E-state index in [1.54, 1.807) is 0 Å². The van der Waals surface area contributed by atoms with Gasteiger partial charge in [0.2, 0.25) is 5.91 Å². The number of rotatable bonds is 19. The van der Waals surface area contributed by atoms with Gasteiger partial charge in [0.1, 0.15) is 0 Å². The zero-order chi connectivity index (χ0) is 19.5. The Hall–Kier alpha value is -0.570. The summed E-state index contributed by atoms with van der Waals surface area (Å²) in [7, 11) is 0. The summed E-state index contributed by atoms with van der Waals surface area (Å²) in [4.78, 5) is 11.9. The van der Waals surface area contributed by atoms with Crippen molar-refractivity contribution in [2.24, 2.45) is 5.92 Å². The van der Waals surface area contributed by atoms with Gasteiger partial charge in [-0.15, -0.1) is 0 Å². The van der Waals surface area contributed by atoms with Crippen LogP contribution in [0.3, 0.4) is 0 Å². The minimum Gasteiger partial charge on any atom is -0.393 e. The number of unbranched alkanes of at least 4 members (excludes halogenated alkanes) is 5. The Morgan fingerprint density at radius 2 is 1.31 bits per heavy atom. The Balaban J connectivity index is 3.64. The fourth-order valence-corrected chi connectivity index (χ4v) is 3.57. The van der Waals surface area contributed by atoms with Crippen molar-refractivity contribution in [2.45, 2.75) is 130 Å². The summed E-state index contributed by atoms with van der Waals surface area (Å²) < 4.78 is 0. The molecule has 3 heteroatoms. The standard InChI is InChI=1S/C23H47NO2/c1-4-7-10-11-17-22(25)18-12-19-23(26)24-20-13-16-21(14-8-5-2)15-9-6-3/h21-22,25H,4-20H2,1-3H3,(H,24,26). The molecule has 26 heavy (non-hydrogen) atoms. The SMILES string of the molecule is CCCCCCC(O)CCCC(=O)NCCCC(CCCC)CCCC. The van der Waals surface area contributed by atoms with Crippen LogP contribution in [0.25, 0.3) is 0 Å². The minimum atomic E-state index is -0.224. The molecule has 0 bridgehead atoms. The van der Waals surface area contributed by atoms with Crippen LogP contribution >= 0.6 is 0 Å². The van der Waals surface area contributed by atoms with Crippen molar-refractivity contribution in [2.75, 3.05) is 6.54 Å². The topological polar surface area (TPSA) is 49.3 Å². The van der Waals surface area contributed by atoms with Gasteiger partial charge in [-0.05, 0) is 38.0 Å². The van der Waals surface area contributed by atoms with Crippen molar-refractivity contribution in [1.82, 2.24) is 5.32 Å². The minimum absolute atomic E-state index is 0.154. The number of hydrogen-bond donors (Lipinski definition) is 2. The van der Waals surface area contributed by atoms with Gasteiger partial charge in [-0.1, -0.05) is 85.0 Å². The Morgan fingerprint density at radius 3 is 1.92 bits per heavy atom. The number of amides is 1. The van der Waals surface area contributed by atoms with Gasteiger partial charge in [0.15, 0.2) is 0 Å². The summed E-state index contributed by atoms with van der Waals surface area (Å²) in [6.07, 6.45) is 17.9. The lowest BCUT2D eigenvalue weighted by molar-refractivity contribution is -0.121. The zero-order valence-electron chi connectivity index (χ0n) is 18.0. The van der Waals surface area contributed by atoms with Crippen molar-refractivity contribution < 1.29 is 9.90 Å². The molecule has 0 aromatic rings. The smallest absolute Gasteiger partial charge is 0.219 e. The van der Waals surface area contributed by atoms with Crippen molar-refractivity contribution in [1.29, 1.82) is 0 Å².